The molecule has 0 saturated carbocycles. The summed E-state index contributed by atoms with van der Waals surface area (Å²) in [5, 5.41) is 7.24. The Hall–Kier alpha value is -3.09. The lowest BCUT2D eigenvalue weighted by Gasteiger charge is -2.14. The number of aryl methyl sites for hydroxylation is 3. The van der Waals surface area contributed by atoms with Crippen molar-refractivity contribution in [1.82, 2.24) is 10.1 Å². The summed E-state index contributed by atoms with van der Waals surface area (Å²) in [6, 6.07) is 7.36. The number of amides is 1. The lowest BCUT2D eigenvalue weighted by atomic mass is 10.1. The second-order valence-electron chi connectivity index (χ2n) is 6.34. The van der Waals surface area contributed by atoms with Crippen molar-refractivity contribution in [2.24, 2.45) is 0 Å². The Labute approximate surface area is 150 Å². The van der Waals surface area contributed by atoms with E-state index in [1.165, 1.54) is 0 Å². The van der Waals surface area contributed by atoms with Gasteiger partial charge in [-0.05, 0) is 50.5 Å². The van der Waals surface area contributed by atoms with Gasteiger partial charge < -0.3 is 19.6 Å². The van der Waals surface area contributed by atoms with Gasteiger partial charge in [0.15, 0.2) is 11.9 Å². The fraction of sp³-hybridized carbons (Fsp3) is 0.316. The Morgan fingerprint density at radius 1 is 1.23 bits per heavy atom. The molecule has 3 rings (SSSR count). The van der Waals surface area contributed by atoms with Gasteiger partial charge in [-0.2, -0.15) is 0 Å². The predicted molar refractivity (Wildman–Crippen MR) is 97.1 cm³/mol. The van der Waals surface area contributed by atoms with Crippen molar-refractivity contribution in [2.75, 3.05) is 5.32 Å². The number of hydrogen-bond donors (Lipinski definition) is 2. The van der Waals surface area contributed by atoms with Gasteiger partial charge in [0.1, 0.15) is 11.5 Å². The summed E-state index contributed by atoms with van der Waals surface area (Å²) in [7, 11) is 0. The van der Waals surface area contributed by atoms with Crippen LogP contribution in [0.3, 0.4) is 0 Å². The van der Waals surface area contributed by atoms with Gasteiger partial charge in [-0.25, -0.2) is 4.79 Å². The number of ether oxygens (including phenoxy) is 1. The van der Waals surface area contributed by atoms with E-state index in [9.17, 15) is 9.59 Å². The highest BCUT2D eigenvalue weighted by atomic mass is 16.5. The summed E-state index contributed by atoms with van der Waals surface area (Å²) in [6.07, 6.45) is -0.582. The lowest BCUT2D eigenvalue weighted by molar-refractivity contribution is -0.124. The number of carbonyl (C=O) groups is 2. The molecule has 2 heterocycles. The van der Waals surface area contributed by atoms with Crippen LogP contribution in [0.1, 0.15) is 40.7 Å². The molecule has 0 bridgehead atoms. The summed E-state index contributed by atoms with van der Waals surface area (Å²) in [5.41, 5.74) is 3.36. The van der Waals surface area contributed by atoms with Crippen molar-refractivity contribution >= 4 is 28.6 Å². The van der Waals surface area contributed by atoms with Crippen molar-refractivity contribution in [2.45, 2.75) is 40.2 Å². The normalized spacial score (nSPS) is 12.2. The summed E-state index contributed by atoms with van der Waals surface area (Å²) in [6.45, 7) is 7.47. The molecule has 0 aliphatic rings. The van der Waals surface area contributed by atoms with E-state index in [0.717, 1.165) is 22.0 Å². The largest absolute Gasteiger partial charge is 0.448 e. The third-order valence-electron chi connectivity index (χ3n) is 4.10. The van der Waals surface area contributed by atoms with Crippen LogP contribution >= 0.6 is 0 Å². The van der Waals surface area contributed by atoms with Gasteiger partial charge in [0.05, 0.1) is 0 Å². The first kappa shape index (κ1) is 17.7. The molecule has 2 N–H and O–H groups in total. The number of rotatable bonds is 5. The highest BCUT2D eigenvalue weighted by Gasteiger charge is 2.24. The highest BCUT2D eigenvalue weighted by molar-refractivity contribution is 5.99. The van der Waals surface area contributed by atoms with Crippen molar-refractivity contribution in [1.29, 1.82) is 0 Å². The number of anilines is 1. The smallest absolute Gasteiger partial charge is 0.355 e. The number of aromatic amines is 1. The zero-order valence-corrected chi connectivity index (χ0v) is 15.2. The lowest BCUT2D eigenvalue weighted by Crippen LogP contribution is -2.32. The number of nitrogens with zero attached hydrogens (tertiary/aromatic N) is 1. The van der Waals surface area contributed by atoms with E-state index in [-0.39, 0.29) is 0 Å². The average Bonchev–Trinajstić information content (AvgIpc) is 3.18. The number of esters is 1. The molecule has 7 nitrogen and oxygen atoms in total. The Kier molecular flexibility index (Phi) is 4.79. The monoisotopic (exact) mass is 355 g/mol. The number of H-pyrrole nitrogens is 1. The topological polar surface area (TPSA) is 97.2 Å². The minimum absolute atomic E-state index is 0.290. The van der Waals surface area contributed by atoms with E-state index in [0.29, 0.717) is 23.7 Å². The van der Waals surface area contributed by atoms with E-state index >= 15 is 0 Å². The van der Waals surface area contributed by atoms with Gasteiger partial charge in [-0.1, -0.05) is 18.1 Å². The highest BCUT2D eigenvalue weighted by Crippen LogP contribution is 2.22. The molecular weight excluding hydrogens is 334 g/mol. The molecule has 0 aliphatic carbocycles. The summed E-state index contributed by atoms with van der Waals surface area (Å²) in [5.74, 6) is -0.151. The van der Waals surface area contributed by atoms with Gasteiger partial charge >= 0.3 is 5.97 Å². The molecule has 0 fully saturated rings. The van der Waals surface area contributed by atoms with Crippen molar-refractivity contribution in [3.8, 4) is 0 Å². The number of nitrogens with one attached hydrogen (secondary N) is 2. The Balaban J connectivity index is 1.74. The van der Waals surface area contributed by atoms with E-state index in [1.54, 1.807) is 26.0 Å². The van der Waals surface area contributed by atoms with Crippen LogP contribution in [-0.4, -0.2) is 28.1 Å². The molecule has 136 valence electrons. The second-order valence-corrected chi connectivity index (χ2v) is 6.34. The molecular formula is C19H21N3O4. The fourth-order valence-electron chi connectivity index (χ4n) is 2.86. The van der Waals surface area contributed by atoms with Gasteiger partial charge in [0, 0.05) is 17.0 Å². The number of fused-ring (bicyclic) bond motifs is 1. The number of hydrogen-bond acceptors (Lipinski definition) is 5. The quantitative estimate of drug-likeness (QED) is 0.681. The number of carbonyl (C=O) groups excluding carboxylic acids is 2. The first-order valence-electron chi connectivity index (χ1n) is 8.42. The zero-order chi connectivity index (χ0) is 18.8. The SMILES string of the molecule is CCC(OC(=O)c1cc2c(C)cc(C)cc2[nH]1)C(=O)Nc1cc(C)on1. The van der Waals surface area contributed by atoms with E-state index in [4.69, 9.17) is 9.26 Å². The van der Waals surface area contributed by atoms with Crippen LogP contribution in [0.2, 0.25) is 0 Å². The first-order chi connectivity index (χ1) is 12.4. The standard InChI is InChI=1S/C19H21N3O4/c1-5-16(18(23)21-17-8-12(4)26-22-17)25-19(24)15-9-13-11(3)6-10(2)7-14(13)20-15/h6-9,16,20H,5H2,1-4H3,(H,21,22,23). The van der Waals surface area contributed by atoms with E-state index in [1.807, 2.05) is 26.0 Å². The molecule has 3 aromatic rings. The van der Waals surface area contributed by atoms with Crippen LogP contribution in [0.15, 0.2) is 28.8 Å². The molecule has 7 heteroatoms. The van der Waals surface area contributed by atoms with E-state index in [2.05, 4.69) is 15.5 Å². The second kappa shape index (κ2) is 7.03. The van der Waals surface area contributed by atoms with E-state index < -0.39 is 18.0 Å². The first-order valence-corrected chi connectivity index (χ1v) is 8.42. The third-order valence-corrected chi connectivity index (χ3v) is 4.10. The average molecular weight is 355 g/mol. The summed E-state index contributed by atoms with van der Waals surface area (Å²) >= 11 is 0. The molecule has 26 heavy (non-hydrogen) atoms. The molecule has 1 unspecified atom stereocenters. The Morgan fingerprint density at radius 2 is 2.00 bits per heavy atom. The van der Waals surface area contributed by atoms with Gasteiger partial charge in [-0.3, -0.25) is 4.79 Å². The van der Waals surface area contributed by atoms with Crippen molar-refractivity contribution in [3.63, 3.8) is 0 Å². The molecule has 1 amide bonds. The van der Waals surface area contributed by atoms with Crippen LogP contribution in [0, 0.1) is 20.8 Å². The molecule has 0 spiro atoms. The maximum absolute atomic E-state index is 12.5. The Morgan fingerprint density at radius 3 is 2.65 bits per heavy atom. The zero-order valence-electron chi connectivity index (χ0n) is 15.2. The molecule has 1 atom stereocenters. The van der Waals surface area contributed by atoms with Crippen LogP contribution < -0.4 is 5.32 Å². The van der Waals surface area contributed by atoms with Crippen molar-refractivity contribution < 1.29 is 18.8 Å². The maximum Gasteiger partial charge on any atom is 0.355 e. The van der Waals surface area contributed by atoms with Crippen molar-refractivity contribution in [3.05, 3.63) is 46.8 Å². The van der Waals surface area contributed by atoms with Gasteiger partial charge in [0.25, 0.3) is 5.91 Å². The maximum atomic E-state index is 12.5. The predicted octanol–water partition coefficient (Wildman–Crippen LogP) is 3.66. The molecule has 0 radical (unpaired) electrons. The van der Waals surface area contributed by atoms with Crippen LogP contribution in [0.5, 0.6) is 0 Å². The molecule has 0 saturated heterocycles. The molecule has 1 aromatic carbocycles. The van der Waals surface area contributed by atoms with Crippen LogP contribution in [-0.2, 0) is 9.53 Å². The fourth-order valence-corrected chi connectivity index (χ4v) is 2.86. The summed E-state index contributed by atoms with van der Waals surface area (Å²) in [4.78, 5) is 27.8. The van der Waals surface area contributed by atoms with Gasteiger partial charge in [0.2, 0.25) is 0 Å². The third kappa shape index (κ3) is 3.61. The number of benzene rings is 1. The minimum Gasteiger partial charge on any atom is -0.448 e. The number of aromatic nitrogens is 2. The van der Waals surface area contributed by atoms with Crippen LogP contribution in [0.4, 0.5) is 5.82 Å². The van der Waals surface area contributed by atoms with Crippen LogP contribution in [0.25, 0.3) is 10.9 Å². The molecule has 0 aliphatic heterocycles. The minimum atomic E-state index is -0.922. The molecule has 2 aromatic heterocycles. The van der Waals surface area contributed by atoms with Gasteiger partial charge in [-0.15, -0.1) is 0 Å². The Bertz CT molecular complexity index is 970. The summed E-state index contributed by atoms with van der Waals surface area (Å²) < 4.78 is 10.3.